The van der Waals surface area contributed by atoms with Crippen LogP contribution in [0, 0.1) is 49.0 Å². The number of benzene rings is 1. The van der Waals surface area contributed by atoms with Gasteiger partial charge in [0.2, 0.25) is 0 Å². The number of aromatic nitrogens is 1. The van der Waals surface area contributed by atoms with Crippen LogP contribution in [0.5, 0.6) is 0 Å². The normalized spacial score (nSPS) is 13.6. The standard InChI is InChI=1S/C49H51F4NS6/c1-7-11-13-29(9-3)24-31(25-30(10-4)14-12-8-2)54-32-23-28(6)56-48(32)49-33(54)26-41(60-49)38-18-17-36(57-38)37-20-22-40(59-37)43-46(52)44(50)42(45(51)47(43)53)39-21-19-35(58-39)34-16-15-27(5)55-34/h15-23,26,29-31H,7-14,24-25H2,1-6H3. The number of aryl methyl sites for hydroxylation is 2. The lowest BCUT2D eigenvalue weighted by molar-refractivity contribution is 0.279. The summed E-state index contributed by atoms with van der Waals surface area (Å²) in [6.07, 6.45) is 12.4. The van der Waals surface area contributed by atoms with E-state index in [-0.39, 0.29) is 9.75 Å². The second-order valence-electron chi connectivity index (χ2n) is 16.1. The predicted octanol–water partition coefficient (Wildman–Crippen LogP) is 19.4. The van der Waals surface area contributed by atoms with E-state index in [0.29, 0.717) is 17.9 Å². The molecule has 0 saturated carbocycles. The van der Waals surface area contributed by atoms with Crippen LogP contribution in [0.1, 0.15) is 108 Å². The molecule has 0 spiro atoms. The minimum atomic E-state index is -1.38. The van der Waals surface area contributed by atoms with Gasteiger partial charge in [-0.25, -0.2) is 17.6 Å². The molecule has 0 bridgehead atoms. The number of hydrogen-bond donors (Lipinski definition) is 0. The van der Waals surface area contributed by atoms with Crippen molar-refractivity contribution < 1.29 is 17.6 Å². The zero-order valence-electron chi connectivity index (χ0n) is 35.0. The molecule has 8 aromatic rings. The van der Waals surface area contributed by atoms with E-state index in [2.05, 4.69) is 57.4 Å². The van der Waals surface area contributed by atoms with Gasteiger partial charge in [0.25, 0.3) is 0 Å². The highest BCUT2D eigenvalue weighted by atomic mass is 32.1. The van der Waals surface area contributed by atoms with E-state index in [1.807, 2.05) is 47.8 Å². The molecule has 0 radical (unpaired) electrons. The molecule has 0 aliphatic rings. The molecule has 2 atom stereocenters. The SMILES string of the molecule is CCCCC(CC)CC(CC(CC)CCCC)n1c2cc(C)sc2c2sc(-c3ccc(-c4ccc(-c5c(F)c(F)c(-c6ccc(-c7ccc(C)s7)s6)c(F)c5F)s4)s3)cc21. The fraction of sp³-hybridized carbons (Fsp3) is 0.388. The van der Waals surface area contributed by atoms with Gasteiger partial charge in [-0.2, -0.15) is 0 Å². The van der Waals surface area contributed by atoms with Crippen LogP contribution in [0.4, 0.5) is 17.6 Å². The highest BCUT2D eigenvalue weighted by molar-refractivity contribution is 7.31. The van der Waals surface area contributed by atoms with Crippen LogP contribution in [-0.4, -0.2) is 4.57 Å². The zero-order valence-corrected chi connectivity index (χ0v) is 39.9. The summed E-state index contributed by atoms with van der Waals surface area (Å²) in [4.78, 5) is 8.50. The maximum absolute atomic E-state index is 15.8. The van der Waals surface area contributed by atoms with Gasteiger partial charge >= 0.3 is 0 Å². The minimum Gasteiger partial charge on any atom is -0.336 e. The molecular formula is C49H51F4NS6. The molecule has 0 fully saturated rings. The summed E-state index contributed by atoms with van der Waals surface area (Å²) in [5, 5.41) is 0. The molecule has 1 aromatic carbocycles. The third-order valence-corrected chi connectivity index (χ3v) is 19.2. The second-order valence-corrected chi connectivity index (χ2v) is 23.0. The van der Waals surface area contributed by atoms with E-state index < -0.39 is 34.4 Å². The first-order valence-electron chi connectivity index (χ1n) is 21.3. The number of unbranched alkanes of at least 4 members (excludes halogenated alkanes) is 2. The maximum atomic E-state index is 15.8. The number of rotatable bonds is 18. The van der Waals surface area contributed by atoms with Crippen molar-refractivity contribution in [3.05, 3.63) is 93.7 Å². The average molecular weight is 922 g/mol. The van der Waals surface area contributed by atoms with Crippen LogP contribution >= 0.6 is 68.0 Å². The van der Waals surface area contributed by atoms with Crippen LogP contribution in [-0.2, 0) is 0 Å². The molecule has 316 valence electrons. The molecule has 8 rings (SSSR count). The third-order valence-electron chi connectivity index (χ3n) is 12.0. The Bertz CT molecular complexity index is 2680. The summed E-state index contributed by atoms with van der Waals surface area (Å²) in [5.74, 6) is -4.12. The molecule has 2 unspecified atom stereocenters. The number of thiophene rings is 6. The van der Waals surface area contributed by atoms with Gasteiger partial charge < -0.3 is 4.57 Å². The summed E-state index contributed by atoms with van der Waals surface area (Å²) >= 11 is 9.20. The summed E-state index contributed by atoms with van der Waals surface area (Å²) < 4.78 is 68.6. The zero-order chi connectivity index (χ0) is 42.2. The Kier molecular flexibility index (Phi) is 13.6. The van der Waals surface area contributed by atoms with Gasteiger partial charge in [0, 0.05) is 54.8 Å². The molecule has 60 heavy (non-hydrogen) atoms. The minimum absolute atomic E-state index is 0.145. The maximum Gasteiger partial charge on any atom is 0.171 e. The molecule has 7 aromatic heterocycles. The second kappa shape index (κ2) is 18.7. The fourth-order valence-electron chi connectivity index (χ4n) is 8.69. The van der Waals surface area contributed by atoms with Gasteiger partial charge in [-0.1, -0.05) is 79.1 Å². The molecular weight excluding hydrogens is 871 g/mol. The van der Waals surface area contributed by atoms with E-state index in [1.165, 1.54) is 100 Å². The van der Waals surface area contributed by atoms with Gasteiger partial charge in [0.15, 0.2) is 23.3 Å². The summed E-state index contributed by atoms with van der Waals surface area (Å²) in [6.45, 7) is 13.5. The van der Waals surface area contributed by atoms with E-state index in [9.17, 15) is 0 Å². The van der Waals surface area contributed by atoms with E-state index in [0.717, 1.165) is 51.9 Å². The van der Waals surface area contributed by atoms with Crippen LogP contribution in [0.2, 0.25) is 0 Å². The van der Waals surface area contributed by atoms with Crippen molar-refractivity contribution in [1.82, 2.24) is 4.57 Å². The van der Waals surface area contributed by atoms with E-state index in [1.54, 1.807) is 40.9 Å². The molecule has 0 amide bonds. The lowest BCUT2D eigenvalue weighted by atomic mass is 9.85. The van der Waals surface area contributed by atoms with Crippen LogP contribution in [0.15, 0.2) is 60.7 Å². The number of hydrogen-bond acceptors (Lipinski definition) is 6. The topological polar surface area (TPSA) is 4.93 Å². The van der Waals surface area contributed by atoms with Crippen molar-refractivity contribution in [2.75, 3.05) is 0 Å². The first-order valence-corrected chi connectivity index (χ1v) is 26.2. The van der Waals surface area contributed by atoms with Crippen molar-refractivity contribution >= 4 is 88.5 Å². The third kappa shape index (κ3) is 8.52. The Morgan fingerprint density at radius 3 is 1.35 bits per heavy atom. The fourth-order valence-corrected chi connectivity index (χ4v) is 15.2. The molecule has 7 heterocycles. The lowest BCUT2D eigenvalue weighted by Crippen LogP contribution is -2.17. The number of halogens is 4. The molecule has 0 aliphatic heterocycles. The van der Waals surface area contributed by atoms with Crippen LogP contribution < -0.4 is 0 Å². The number of fused-ring (bicyclic) bond motifs is 3. The number of nitrogens with zero attached hydrogens (tertiary/aromatic N) is 1. The van der Waals surface area contributed by atoms with E-state index >= 15 is 17.6 Å². The first kappa shape index (κ1) is 43.6. The molecule has 1 nitrogen and oxygen atoms in total. The summed E-state index contributed by atoms with van der Waals surface area (Å²) in [7, 11) is 0. The highest BCUT2D eigenvalue weighted by Crippen LogP contribution is 2.50. The average Bonchev–Trinajstić information content (AvgIpc) is 4.09. The lowest BCUT2D eigenvalue weighted by Gasteiger charge is -2.29. The highest BCUT2D eigenvalue weighted by Gasteiger charge is 2.30. The Balaban J connectivity index is 1.11. The van der Waals surface area contributed by atoms with Gasteiger partial charge in [0.05, 0.1) is 31.6 Å². The molecule has 11 heteroatoms. The quantitative estimate of drug-likeness (QED) is 0.0597. The van der Waals surface area contributed by atoms with Gasteiger partial charge in [-0.15, -0.1) is 68.0 Å². The van der Waals surface area contributed by atoms with Crippen molar-refractivity contribution in [2.45, 2.75) is 112 Å². The van der Waals surface area contributed by atoms with Gasteiger partial charge in [-0.05, 0) is 99.2 Å². The van der Waals surface area contributed by atoms with Crippen LogP contribution in [0.25, 0.3) is 70.6 Å². The Labute approximate surface area is 375 Å². The van der Waals surface area contributed by atoms with Crippen molar-refractivity contribution in [1.29, 1.82) is 0 Å². The molecule has 0 aliphatic carbocycles. The summed E-state index contributed by atoms with van der Waals surface area (Å²) in [6, 6.07) is 19.9. The van der Waals surface area contributed by atoms with Crippen molar-refractivity contribution in [3.63, 3.8) is 0 Å². The summed E-state index contributed by atoms with van der Waals surface area (Å²) in [5.41, 5.74) is 1.36. The molecule has 0 N–H and O–H groups in total. The van der Waals surface area contributed by atoms with Crippen molar-refractivity contribution in [3.8, 4) is 50.1 Å². The van der Waals surface area contributed by atoms with Crippen LogP contribution in [0.3, 0.4) is 0 Å². The Morgan fingerprint density at radius 1 is 0.467 bits per heavy atom. The first-order chi connectivity index (χ1) is 29.0. The monoisotopic (exact) mass is 921 g/mol. The van der Waals surface area contributed by atoms with E-state index in [4.69, 9.17) is 0 Å². The molecule has 0 saturated heterocycles. The van der Waals surface area contributed by atoms with Crippen molar-refractivity contribution in [2.24, 2.45) is 11.8 Å². The smallest absolute Gasteiger partial charge is 0.171 e. The predicted molar refractivity (Wildman–Crippen MR) is 258 cm³/mol. The van der Waals surface area contributed by atoms with Gasteiger partial charge in [0.1, 0.15) is 0 Å². The largest absolute Gasteiger partial charge is 0.336 e. The van der Waals surface area contributed by atoms with Gasteiger partial charge in [-0.3, -0.25) is 0 Å². The Hall–Kier alpha value is -3.06. The Morgan fingerprint density at radius 2 is 0.883 bits per heavy atom.